The number of hydrogen-bond acceptors (Lipinski definition) is 3. The highest BCUT2D eigenvalue weighted by Gasteiger charge is 1.95. The highest BCUT2D eigenvalue weighted by molar-refractivity contribution is 5.25. The number of nitrogens with one attached hydrogen (secondary N) is 1. The Morgan fingerprint density at radius 2 is 2.46 bits per heavy atom. The molecule has 0 aliphatic heterocycles. The van der Waals surface area contributed by atoms with Crippen LogP contribution in [-0.4, -0.2) is 18.1 Å². The minimum absolute atomic E-state index is 0.494. The number of hydrogen-bond donors (Lipinski definition) is 1. The molecule has 13 heavy (non-hydrogen) atoms. The lowest BCUT2D eigenvalue weighted by Gasteiger charge is -2.01. The van der Waals surface area contributed by atoms with E-state index in [9.17, 15) is 0 Å². The van der Waals surface area contributed by atoms with Crippen LogP contribution in [0.5, 0.6) is 0 Å². The molecule has 0 radical (unpaired) electrons. The van der Waals surface area contributed by atoms with Crippen molar-refractivity contribution in [1.29, 1.82) is 5.26 Å². The molecule has 0 spiro atoms. The van der Waals surface area contributed by atoms with Crippen molar-refractivity contribution in [2.75, 3.05) is 13.1 Å². The van der Waals surface area contributed by atoms with Crippen molar-refractivity contribution in [3.8, 4) is 6.07 Å². The maximum atomic E-state index is 8.61. The summed E-state index contributed by atoms with van der Waals surface area (Å²) in [7, 11) is 0. The van der Waals surface area contributed by atoms with Crippen molar-refractivity contribution >= 4 is 0 Å². The van der Waals surface area contributed by atoms with Crippen LogP contribution in [0.4, 0.5) is 0 Å². The monoisotopic (exact) mass is 175 g/mol. The predicted octanol–water partition coefficient (Wildman–Crippen LogP) is 1.11. The zero-order valence-corrected chi connectivity index (χ0v) is 7.75. The van der Waals surface area contributed by atoms with Gasteiger partial charge in [0.15, 0.2) is 0 Å². The van der Waals surface area contributed by atoms with Gasteiger partial charge in [0.1, 0.15) is 11.8 Å². The minimum atomic E-state index is 0.494. The van der Waals surface area contributed by atoms with E-state index in [1.54, 1.807) is 6.20 Å². The van der Waals surface area contributed by atoms with Crippen LogP contribution in [0.2, 0.25) is 0 Å². The second kappa shape index (κ2) is 5.28. The van der Waals surface area contributed by atoms with E-state index in [-0.39, 0.29) is 0 Å². The standard InChI is InChI=1S/C10H13N3/c1-2-12-5-3-9-4-6-13-10(7-9)8-11/h4,6-7,12H,2-3,5H2,1H3. The molecule has 0 aliphatic rings. The topological polar surface area (TPSA) is 48.7 Å². The molecule has 0 amide bonds. The maximum Gasteiger partial charge on any atom is 0.140 e. The van der Waals surface area contributed by atoms with E-state index in [0.29, 0.717) is 5.69 Å². The van der Waals surface area contributed by atoms with E-state index in [2.05, 4.69) is 17.2 Å². The Labute approximate surface area is 78.4 Å². The second-order valence-corrected chi connectivity index (χ2v) is 2.76. The van der Waals surface area contributed by atoms with Crippen LogP contribution in [-0.2, 0) is 6.42 Å². The molecule has 1 aromatic rings. The Morgan fingerprint density at radius 1 is 1.62 bits per heavy atom. The Bertz CT molecular complexity index is 301. The molecule has 1 N–H and O–H groups in total. The second-order valence-electron chi connectivity index (χ2n) is 2.76. The van der Waals surface area contributed by atoms with E-state index >= 15 is 0 Å². The fraction of sp³-hybridized carbons (Fsp3) is 0.400. The molecule has 1 aromatic heterocycles. The van der Waals surface area contributed by atoms with E-state index in [0.717, 1.165) is 25.1 Å². The Hall–Kier alpha value is -1.40. The molecule has 1 rings (SSSR count). The summed E-state index contributed by atoms with van der Waals surface area (Å²) >= 11 is 0. The largest absolute Gasteiger partial charge is 0.317 e. The first kappa shape index (κ1) is 9.69. The van der Waals surface area contributed by atoms with E-state index in [4.69, 9.17) is 5.26 Å². The molecule has 3 nitrogen and oxygen atoms in total. The molecular formula is C10H13N3. The smallest absolute Gasteiger partial charge is 0.140 e. The highest BCUT2D eigenvalue weighted by atomic mass is 14.8. The van der Waals surface area contributed by atoms with Gasteiger partial charge in [0.05, 0.1) is 0 Å². The van der Waals surface area contributed by atoms with Crippen molar-refractivity contribution in [2.24, 2.45) is 0 Å². The fourth-order valence-corrected chi connectivity index (χ4v) is 1.10. The summed E-state index contributed by atoms with van der Waals surface area (Å²) in [5.74, 6) is 0. The molecule has 0 unspecified atom stereocenters. The molecule has 3 heteroatoms. The van der Waals surface area contributed by atoms with Crippen molar-refractivity contribution in [2.45, 2.75) is 13.3 Å². The summed E-state index contributed by atoms with van der Waals surface area (Å²) in [6.07, 6.45) is 2.63. The number of aromatic nitrogens is 1. The Balaban J connectivity index is 2.52. The van der Waals surface area contributed by atoms with Crippen LogP contribution in [0.3, 0.4) is 0 Å². The number of rotatable bonds is 4. The quantitative estimate of drug-likeness (QED) is 0.697. The summed E-state index contributed by atoms with van der Waals surface area (Å²) < 4.78 is 0. The average molecular weight is 175 g/mol. The van der Waals surface area contributed by atoms with Gasteiger partial charge in [-0.3, -0.25) is 0 Å². The van der Waals surface area contributed by atoms with Gasteiger partial charge >= 0.3 is 0 Å². The van der Waals surface area contributed by atoms with Crippen LogP contribution >= 0.6 is 0 Å². The van der Waals surface area contributed by atoms with Gasteiger partial charge in [-0.2, -0.15) is 5.26 Å². The average Bonchev–Trinajstić information content (AvgIpc) is 2.19. The molecule has 1 heterocycles. The first-order valence-corrected chi connectivity index (χ1v) is 4.42. The zero-order chi connectivity index (χ0) is 9.52. The molecule has 68 valence electrons. The molecule has 0 aromatic carbocycles. The summed E-state index contributed by atoms with van der Waals surface area (Å²) in [6.45, 7) is 4.01. The fourth-order valence-electron chi connectivity index (χ4n) is 1.10. The first-order chi connectivity index (χ1) is 6.36. The van der Waals surface area contributed by atoms with Crippen molar-refractivity contribution < 1.29 is 0 Å². The van der Waals surface area contributed by atoms with Crippen LogP contribution in [0.15, 0.2) is 18.3 Å². The molecule has 0 saturated carbocycles. The lowest BCUT2D eigenvalue weighted by Crippen LogP contribution is -2.16. The summed E-state index contributed by atoms with van der Waals surface area (Å²) in [6, 6.07) is 5.80. The van der Waals surface area contributed by atoms with Gasteiger partial charge in [0.2, 0.25) is 0 Å². The van der Waals surface area contributed by atoms with Gasteiger partial charge in [0, 0.05) is 6.20 Å². The lowest BCUT2D eigenvalue weighted by atomic mass is 10.2. The van der Waals surface area contributed by atoms with Crippen LogP contribution in [0.25, 0.3) is 0 Å². The maximum absolute atomic E-state index is 8.61. The van der Waals surface area contributed by atoms with E-state index in [1.165, 1.54) is 0 Å². The van der Waals surface area contributed by atoms with Gasteiger partial charge in [-0.15, -0.1) is 0 Å². The zero-order valence-electron chi connectivity index (χ0n) is 7.75. The van der Waals surface area contributed by atoms with E-state index < -0.39 is 0 Å². The van der Waals surface area contributed by atoms with Gasteiger partial charge in [-0.1, -0.05) is 6.92 Å². The van der Waals surface area contributed by atoms with E-state index in [1.807, 2.05) is 18.2 Å². The molecule has 0 aliphatic carbocycles. The predicted molar refractivity (Wildman–Crippen MR) is 51.2 cm³/mol. The number of likely N-dealkylation sites (N-methyl/N-ethyl adjacent to an activating group) is 1. The minimum Gasteiger partial charge on any atom is -0.317 e. The SMILES string of the molecule is CCNCCc1ccnc(C#N)c1. The molecule has 0 saturated heterocycles. The summed E-state index contributed by atoms with van der Waals surface area (Å²) in [5, 5.41) is 11.8. The van der Waals surface area contributed by atoms with Crippen molar-refractivity contribution in [1.82, 2.24) is 10.3 Å². The molecule has 0 fully saturated rings. The first-order valence-electron chi connectivity index (χ1n) is 4.42. The molecular weight excluding hydrogens is 162 g/mol. The van der Waals surface area contributed by atoms with Crippen molar-refractivity contribution in [3.63, 3.8) is 0 Å². The van der Waals surface area contributed by atoms with Gasteiger partial charge in [-0.05, 0) is 37.2 Å². The summed E-state index contributed by atoms with van der Waals surface area (Å²) in [5.41, 5.74) is 1.65. The Morgan fingerprint density at radius 3 is 3.15 bits per heavy atom. The third-order valence-electron chi connectivity index (χ3n) is 1.78. The number of nitrogens with zero attached hydrogens (tertiary/aromatic N) is 2. The lowest BCUT2D eigenvalue weighted by molar-refractivity contribution is 0.716. The third-order valence-corrected chi connectivity index (χ3v) is 1.78. The molecule has 0 bridgehead atoms. The van der Waals surface area contributed by atoms with Crippen LogP contribution in [0, 0.1) is 11.3 Å². The highest BCUT2D eigenvalue weighted by Crippen LogP contribution is 2.00. The normalized spacial score (nSPS) is 9.54. The van der Waals surface area contributed by atoms with Crippen LogP contribution < -0.4 is 5.32 Å². The van der Waals surface area contributed by atoms with Gasteiger partial charge in [0.25, 0.3) is 0 Å². The third kappa shape index (κ3) is 3.22. The summed E-state index contributed by atoms with van der Waals surface area (Å²) in [4.78, 5) is 3.90. The van der Waals surface area contributed by atoms with Gasteiger partial charge in [-0.25, -0.2) is 4.98 Å². The molecule has 0 atom stereocenters. The number of pyridine rings is 1. The number of nitriles is 1. The van der Waals surface area contributed by atoms with Crippen LogP contribution in [0.1, 0.15) is 18.2 Å². The Kier molecular flexibility index (Phi) is 3.94. The van der Waals surface area contributed by atoms with Crippen molar-refractivity contribution in [3.05, 3.63) is 29.6 Å². The van der Waals surface area contributed by atoms with Gasteiger partial charge < -0.3 is 5.32 Å².